The van der Waals surface area contributed by atoms with Crippen LogP contribution in [0.3, 0.4) is 0 Å². The number of aromatic nitrogens is 2. The molecule has 138 valence electrons. The summed E-state index contributed by atoms with van der Waals surface area (Å²) in [4.78, 5) is 2.13. The molecule has 1 fully saturated rings. The average molecular weight is 377 g/mol. The third-order valence-electron chi connectivity index (χ3n) is 4.60. The van der Waals surface area contributed by atoms with Gasteiger partial charge < -0.3 is 0 Å². The number of benzene rings is 1. The van der Waals surface area contributed by atoms with Crippen molar-refractivity contribution in [1.82, 2.24) is 19.4 Å². The van der Waals surface area contributed by atoms with E-state index in [0.29, 0.717) is 30.0 Å². The van der Waals surface area contributed by atoms with Crippen LogP contribution in [0.5, 0.6) is 0 Å². The number of aryl methyl sites for hydroxylation is 2. The van der Waals surface area contributed by atoms with Gasteiger partial charge in [-0.3, -0.25) is 10.00 Å². The van der Waals surface area contributed by atoms with Crippen LogP contribution < -0.4 is 0 Å². The number of piperazine rings is 1. The first-order chi connectivity index (χ1) is 12.3. The average Bonchev–Trinajstić information content (AvgIpc) is 2.97. The molecule has 9 heteroatoms. The van der Waals surface area contributed by atoms with Crippen LogP contribution in [0.25, 0.3) is 0 Å². The molecule has 1 aromatic heterocycles. The third kappa shape index (κ3) is 3.35. The van der Waals surface area contributed by atoms with Crippen LogP contribution in [0.15, 0.2) is 29.2 Å². The standard InChI is InChI=1S/C17H20FN5O2S/c1-12-17(13(2)21-20-12)26(24,25)23-9-7-22(8-10-23)16(11-19)14-3-5-15(18)6-4-14/h3-6,16H,7-10H2,1-2H3,(H,20,21). The Bertz CT molecular complexity index is 906. The van der Waals surface area contributed by atoms with Gasteiger partial charge in [0.05, 0.1) is 17.5 Å². The van der Waals surface area contributed by atoms with Crippen LogP contribution in [0.4, 0.5) is 4.39 Å². The van der Waals surface area contributed by atoms with E-state index in [1.807, 2.05) is 4.90 Å². The molecule has 1 saturated heterocycles. The summed E-state index contributed by atoms with van der Waals surface area (Å²) in [7, 11) is -3.63. The van der Waals surface area contributed by atoms with E-state index in [2.05, 4.69) is 16.3 Å². The lowest BCUT2D eigenvalue weighted by atomic mass is 10.1. The summed E-state index contributed by atoms with van der Waals surface area (Å²) < 4.78 is 40.3. The first-order valence-electron chi connectivity index (χ1n) is 8.25. The van der Waals surface area contributed by atoms with Gasteiger partial charge in [-0.05, 0) is 31.5 Å². The van der Waals surface area contributed by atoms with Crippen LogP contribution in [-0.2, 0) is 10.0 Å². The first kappa shape index (κ1) is 18.5. The van der Waals surface area contributed by atoms with Gasteiger partial charge in [0.1, 0.15) is 16.8 Å². The Hall–Kier alpha value is -2.28. The number of H-pyrrole nitrogens is 1. The Kier molecular flexibility index (Phi) is 5.09. The molecular weight excluding hydrogens is 357 g/mol. The van der Waals surface area contributed by atoms with Crippen molar-refractivity contribution in [3.63, 3.8) is 0 Å². The van der Waals surface area contributed by atoms with E-state index < -0.39 is 16.1 Å². The maximum Gasteiger partial charge on any atom is 0.246 e. The number of hydrogen-bond acceptors (Lipinski definition) is 5. The summed E-state index contributed by atoms with van der Waals surface area (Å²) >= 11 is 0. The van der Waals surface area contributed by atoms with Gasteiger partial charge in [-0.2, -0.15) is 14.7 Å². The SMILES string of the molecule is Cc1n[nH]c(C)c1S(=O)(=O)N1CCN(C(C#N)c2ccc(F)cc2)CC1. The van der Waals surface area contributed by atoms with Crippen LogP contribution in [-0.4, -0.2) is 54.0 Å². The fraction of sp³-hybridized carbons (Fsp3) is 0.412. The zero-order valence-corrected chi connectivity index (χ0v) is 15.4. The van der Waals surface area contributed by atoms with Crippen molar-refractivity contribution in [1.29, 1.82) is 5.26 Å². The number of nitrogens with zero attached hydrogens (tertiary/aromatic N) is 4. The van der Waals surface area contributed by atoms with E-state index in [1.165, 1.54) is 16.4 Å². The Labute approximate surface area is 152 Å². The molecule has 0 bridgehead atoms. The number of halogens is 1. The second kappa shape index (κ2) is 7.15. The topological polar surface area (TPSA) is 93.1 Å². The van der Waals surface area contributed by atoms with Crippen molar-refractivity contribution >= 4 is 10.0 Å². The van der Waals surface area contributed by atoms with Crippen molar-refractivity contribution in [3.05, 3.63) is 47.0 Å². The maximum absolute atomic E-state index is 13.1. The molecule has 3 rings (SSSR count). The monoisotopic (exact) mass is 377 g/mol. The molecule has 1 aromatic carbocycles. The number of nitrogens with one attached hydrogen (secondary N) is 1. The largest absolute Gasteiger partial charge is 0.282 e. The highest BCUT2D eigenvalue weighted by molar-refractivity contribution is 7.89. The zero-order valence-electron chi connectivity index (χ0n) is 14.6. The molecule has 1 unspecified atom stereocenters. The van der Waals surface area contributed by atoms with Gasteiger partial charge >= 0.3 is 0 Å². The molecule has 2 aromatic rings. The fourth-order valence-electron chi connectivity index (χ4n) is 3.26. The Morgan fingerprint density at radius 1 is 1.19 bits per heavy atom. The van der Waals surface area contributed by atoms with E-state index in [0.717, 1.165) is 0 Å². The fourth-order valence-corrected chi connectivity index (χ4v) is 5.02. The predicted octanol–water partition coefficient (Wildman–Crippen LogP) is 1.74. The van der Waals surface area contributed by atoms with Crippen LogP contribution in [0.1, 0.15) is 23.0 Å². The Morgan fingerprint density at radius 2 is 1.81 bits per heavy atom. The van der Waals surface area contributed by atoms with Gasteiger partial charge in [0.2, 0.25) is 10.0 Å². The second-order valence-electron chi connectivity index (χ2n) is 6.29. The minimum absolute atomic E-state index is 0.223. The number of sulfonamides is 1. The molecule has 1 aliphatic rings. The van der Waals surface area contributed by atoms with E-state index in [4.69, 9.17) is 0 Å². The van der Waals surface area contributed by atoms with Crippen molar-refractivity contribution in [3.8, 4) is 6.07 Å². The van der Waals surface area contributed by atoms with Crippen molar-refractivity contribution in [2.24, 2.45) is 0 Å². The molecule has 1 aliphatic heterocycles. The highest BCUT2D eigenvalue weighted by Crippen LogP contribution is 2.26. The molecule has 0 amide bonds. The minimum atomic E-state index is -3.63. The molecule has 0 saturated carbocycles. The number of aromatic amines is 1. The zero-order chi connectivity index (χ0) is 18.9. The lowest BCUT2D eigenvalue weighted by Crippen LogP contribution is -2.49. The summed E-state index contributed by atoms with van der Waals surface area (Å²) in [5.41, 5.74) is 1.67. The molecule has 0 aliphatic carbocycles. The molecule has 7 nitrogen and oxygen atoms in total. The Balaban J connectivity index is 1.74. The van der Waals surface area contributed by atoms with E-state index in [9.17, 15) is 18.1 Å². The maximum atomic E-state index is 13.1. The van der Waals surface area contributed by atoms with Crippen molar-refractivity contribution in [2.45, 2.75) is 24.8 Å². The van der Waals surface area contributed by atoms with Gasteiger partial charge in [0.15, 0.2) is 0 Å². The highest BCUT2D eigenvalue weighted by atomic mass is 32.2. The van der Waals surface area contributed by atoms with Gasteiger partial charge in [-0.15, -0.1) is 0 Å². The van der Waals surface area contributed by atoms with E-state index in [1.54, 1.807) is 26.0 Å². The summed E-state index contributed by atoms with van der Waals surface area (Å²) in [5.74, 6) is -0.354. The van der Waals surface area contributed by atoms with Gasteiger partial charge in [-0.25, -0.2) is 12.8 Å². The molecule has 0 radical (unpaired) electrons. The first-order valence-corrected chi connectivity index (χ1v) is 9.69. The van der Waals surface area contributed by atoms with E-state index in [-0.39, 0.29) is 23.8 Å². The molecule has 26 heavy (non-hydrogen) atoms. The van der Waals surface area contributed by atoms with Gasteiger partial charge in [0.25, 0.3) is 0 Å². The number of rotatable bonds is 4. The number of nitriles is 1. The summed E-state index contributed by atoms with van der Waals surface area (Å²) in [6.07, 6.45) is 0. The quantitative estimate of drug-likeness (QED) is 0.876. The molecule has 2 heterocycles. The summed E-state index contributed by atoms with van der Waals surface area (Å²) in [6.45, 7) is 4.75. The van der Waals surface area contributed by atoms with Gasteiger partial charge in [0, 0.05) is 26.2 Å². The van der Waals surface area contributed by atoms with Crippen LogP contribution >= 0.6 is 0 Å². The molecule has 0 spiro atoms. The Morgan fingerprint density at radius 3 is 2.31 bits per heavy atom. The summed E-state index contributed by atoms with van der Waals surface area (Å²) in [5, 5.41) is 16.2. The normalized spacial score (nSPS) is 17.8. The number of hydrogen-bond donors (Lipinski definition) is 1. The lowest BCUT2D eigenvalue weighted by Gasteiger charge is -2.36. The van der Waals surface area contributed by atoms with Crippen LogP contribution in [0.2, 0.25) is 0 Å². The van der Waals surface area contributed by atoms with Gasteiger partial charge in [-0.1, -0.05) is 12.1 Å². The van der Waals surface area contributed by atoms with E-state index >= 15 is 0 Å². The molecular formula is C17H20FN5O2S. The smallest absolute Gasteiger partial charge is 0.246 e. The third-order valence-corrected chi connectivity index (χ3v) is 6.77. The minimum Gasteiger partial charge on any atom is -0.282 e. The molecule has 1 atom stereocenters. The van der Waals surface area contributed by atoms with Crippen molar-refractivity contribution < 1.29 is 12.8 Å². The lowest BCUT2D eigenvalue weighted by molar-refractivity contribution is 0.162. The van der Waals surface area contributed by atoms with Crippen molar-refractivity contribution in [2.75, 3.05) is 26.2 Å². The predicted molar refractivity (Wildman–Crippen MR) is 93.1 cm³/mol. The summed E-state index contributed by atoms with van der Waals surface area (Å²) in [6, 6.07) is 7.52. The molecule has 1 N–H and O–H groups in total. The van der Waals surface area contributed by atoms with Crippen LogP contribution in [0, 0.1) is 31.0 Å². The highest BCUT2D eigenvalue weighted by Gasteiger charge is 2.34. The second-order valence-corrected chi connectivity index (χ2v) is 8.16.